The van der Waals surface area contributed by atoms with Crippen LogP contribution in [-0.4, -0.2) is 20.3 Å². The highest BCUT2D eigenvalue weighted by atomic mass is 32.2. The molecule has 25 heavy (non-hydrogen) atoms. The van der Waals surface area contributed by atoms with Gasteiger partial charge in [-0.1, -0.05) is 35.9 Å². The molecule has 0 aliphatic rings. The Morgan fingerprint density at radius 2 is 1.72 bits per heavy atom. The van der Waals surface area contributed by atoms with Gasteiger partial charge in [0.15, 0.2) is 5.96 Å². The Morgan fingerprint density at radius 1 is 1.12 bits per heavy atom. The summed E-state index contributed by atoms with van der Waals surface area (Å²) in [6.07, 6.45) is 0. The van der Waals surface area contributed by atoms with E-state index >= 15 is 0 Å². The van der Waals surface area contributed by atoms with E-state index in [0.29, 0.717) is 5.56 Å². The Bertz CT molecular complexity index is 950. The molecule has 0 bridgehead atoms. The van der Waals surface area contributed by atoms with Crippen LogP contribution >= 0.6 is 0 Å². The summed E-state index contributed by atoms with van der Waals surface area (Å²) in [6.45, 7) is 0.640. The molecule has 9 heteroatoms. The molecule has 0 spiro atoms. The minimum absolute atomic E-state index is 0.191. The van der Waals surface area contributed by atoms with E-state index in [4.69, 9.17) is 16.6 Å². The number of amides is 1. The predicted molar refractivity (Wildman–Crippen MR) is 92.9 cm³/mol. The van der Waals surface area contributed by atoms with Gasteiger partial charge < -0.3 is 11.5 Å². The number of guanidine groups is 1. The third-order valence-corrected chi connectivity index (χ3v) is 4.54. The number of rotatable bonds is 4. The molecule has 0 atom stereocenters. The van der Waals surface area contributed by atoms with Crippen LogP contribution in [0, 0.1) is 6.92 Å². The fourth-order valence-corrected chi connectivity index (χ4v) is 3.42. The van der Waals surface area contributed by atoms with Crippen molar-refractivity contribution in [3.63, 3.8) is 0 Å². The molecule has 2 aromatic rings. The fraction of sp³-hybridized carbons (Fsp3) is 0.125. The molecule has 0 saturated carbocycles. The fourth-order valence-electron chi connectivity index (χ4n) is 2.42. The molecule has 1 amide bonds. The quantitative estimate of drug-likeness (QED) is 0.552. The van der Waals surface area contributed by atoms with Gasteiger partial charge in [-0.3, -0.25) is 4.79 Å². The van der Waals surface area contributed by atoms with Crippen LogP contribution in [0.15, 0.2) is 46.3 Å². The minimum atomic E-state index is -4.32. The molecule has 6 N–H and O–H groups in total. The van der Waals surface area contributed by atoms with Crippen LogP contribution in [-0.2, 0) is 16.7 Å². The molecule has 132 valence electrons. The normalized spacial score (nSPS) is 11.2. The Balaban J connectivity index is 2.82. The van der Waals surface area contributed by atoms with E-state index in [1.54, 1.807) is 24.3 Å². The first-order valence-electron chi connectivity index (χ1n) is 7.10. The predicted octanol–water partition coefficient (Wildman–Crippen LogP) is 1.19. The van der Waals surface area contributed by atoms with Crippen molar-refractivity contribution in [2.24, 2.45) is 21.6 Å². The van der Waals surface area contributed by atoms with Gasteiger partial charge in [-0.2, -0.15) is 4.99 Å². The SMILES string of the molecule is Cc1ccc(-c2ccc(C(=O)N=C(N)N)c(CF)c2S(N)(=O)=O)cc1. The van der Waals surface area contributed by atoms with Gasteiger partial charge >= 0.3 is 0 Å². The molecule has 2 aromatic carbocycles. The molecule has 0 fully saturated rings. The average molecular weight is 364 g/mol. The molecule has 0 aliphatic heterocycles. The van der Waals surface area contributed by atoms with Crippen LogP contribution < -0.4 is 16.6 Å². The zero-order valence-electron chi connectivity index (χ0n) is 13.4. The third-order valence-electron chi connectivity index (χ3n) is 3.50. The summed E-state index contributed by atoms with van der Waals surface area (Å²) in [7, 11) is -4.32. The van der Waals surface area contributed by atoms with Gasteiger partial charge in [0.1, 0.15) is 6.67 Å². The number of benzene rings is 2. The van der Waals surface area contributed by atoms with Crippen molar-refractivity contribution in [3.05, 3.63) is 53.1 Å². The number of carbonyl (C=O) groups excluding carboxylic acids is 1. The highest BCUT2D eigenvalue weighted by Crippen LogP contribution is 2.32. The average Bonchev–Trinajstić information content (AvgIpc) is 2.52. The van der Waals surface area contributed by atoms with Gasteiger partial charge in [0.05, 0.1) is 4.90 Å². The molecule has 0 aliphatic carbocycles. The van der Waals surface area contributed by atoms with E-state index in [9.17, 15) is 17.6 Å². The van der Waals surface area contributed by atoms with Gasteiger partial charge in [-0.15, -0.1) is 0 Å². The highest BCUT2D eigenvalue weighted by Gasteiger charge is 2.25. The smallest absolute Gasteiger partial charge is 0.280 e. The molecular weight excluding hydrogens is 347 g/mol. The summed E-state index contributed by atoms with van der Waals surface area (Å²) >= 11 is 0. The van der Waals surface area contributed by atoms with E-state index in [2.05, 4.69) is 4.99 Å². The summed E-state index contributed by atoms with van der Waals surface area (Å²) in [5.41, 5.74) is 11.3. The van der Waals surface area contributed by atoms with Crippen LogP contribution in [0.2, 0.25) is 0 Å². The molecule has 0 radical (unpaired) electrons. The van der Waals surface area contributed by atoms with Crippen molar-refractivity contribution < 1.29 is 17.6 Å². The summed E-state index contributed by atoms with van der Waals surface area (Å²) < 4.78 is 37.8. The lowest BCUT2D eigenvalue weighted by atomic mass is 9.98. The molecule has 0 heterocycles. The molecule has 2 rings (SSSR count). The second-order valence-corrected chi connectivity index (χ2v) is 6.85. The first kappa shape index (κ1) is 18.6. The number of alkyl halides is 1. The summed E-state index contributed by atoms with van der Waals surface area (Å²) in [6, 6.07) is 9.55. The second-order valence-electron chi connectivity index (χ2n) is 5.35. The first-order valence-corrected chi connectivity index (χ1v) is 8.65. The van der Waals surface area contributed by atoms with Crippen molar-refractivity contribution in [2.45, 2.75) is 18.5 Å². The Morgan fingerprint density at radius 3 is 2.20 bits per heavy atom. The lowest BCUT2D eigenvalue weighted by Crippen LogP contribution is -2.25. The zero-order valence-corrected chi connectivity index (χ0v) is 14.2. The number of carbonyl (C=O) groups is 1. The Labute approximate surface area is 144 Å². The van der Waals surface area contributed by atoms with Crippen molar-refractivity contribution in [1.29, 1.82) is 0 Å². The maximum absolute atomic E-state index is 13.7. The van der Waals surface area contributed by atoms with Crippen molar-refractivity contribution >= 4 is 21.9 Å². The number of aliphatic imine (C=N–C) groups is 1. The number of nitrogens with zero attached hydrogens (tertiary/aromatic N) is 1. The Hall–Kier alpha value is -2.78. The molecule has 0 aromatic heterocycles. The van der Waals surface area contributed by atoms with E-state index in [1.165, 1.54) is 12.1 Å². The first-order chi connectivity index (χ1) is 11.6. The zero-order chi connectivity index (χ0) is 18.8. The number of aryl methyl sites for hydroxylation is 1. The van der Waals surface area contributed by atoms with Gasteiger partial charge in [0, 0.05) is 16.7 Å². The van der Waals surface area contributed by atoms with E-state index < -0.39 is 33.5 Å². The summed E-state index contributed by atoms with van der Waals surface area (Å²) in [5.74, 6) is -1.47. The largest absolute Gasteiger partial charge is 0.370 e. The molecule has 7 nitrogen and oxygen atoms in total. The highest BCUT2D eigenvalue weighted by molar-refractivity contribution is 7.89. The number of nitrogens with two attached hydrogens (primary N) is 3. The molecule has 0 saturated heterocycles. The maximum atomic E-state index is 13.7. The van der Waals surface area contributed by atoms with Crippen LogP contribution in [0.1, 0.15) is 21.5 Å². The number of sulfonamides is 1. The number of hydrogen-bond acceptors (Lipinski definition) is 3. The van der Waals surface area contributed by atoms with Crippen LogP contribution in [0.4, 0.5) is 4.39 Å². The van der Waals surface area contributed by atoms with Gasteiger partial charge in [0.2, 0.25) is 10.0 Å². The summed E-state index contributed by atoms with van der Waals surface area (Å²) in [4.78, 5) is 14.9. The standard InChI is InChI=1S/C16H17FN4O3S/c1-9-2-4-10(5-3-9)11-6-7-12(15(22)21-16(18)19)13(8-17)14(11)25(20,23)24/h2-7H,8H2,1H3,(H2,20,23,24)(H4,18,19,21,22). The molecule has 0 unspecified atom stereocenters. The molecular formula is C16H17FN4O3S. The van der Waals surface area contributed by atoms with Gasteiger partial charge in [-0.25, -0.2) is 17.9 Å². The topological polar surface area (TPSA) is 142 Å². The number of primary sulfonamides is 1. The lowest BCUT2D eigenvalue weighted by Gasteiger charge is -2.14. The maximum Gasteiger partial charge on any atom is 0.280 e. The van der Waals surface area contributed by atoms with Gasteiger partial charge in [0.25, 0.3) is 5.91 Å². The third kappa shape index (κ3) is 4.01. The lowest BCUT2D eigenvalue weighted by molar-refractivity contribution is 0.100. The van der Waals surface area contributed by atoms with Crippen molar-refractivity contribution in [2.75, 3.05) is 0 Å². The monoisotopic (exact) mass is 364 g/mol. The second kappa shape index (κ2) is 6.99. The van der Waals surface area contributed by atoms with Crippen LogP contribution in [0.3, 0.4) is 0 Å². The Kier molecular flexibility index (Phi) is 5.19. The summed E-state index contributed by atoms with van der Waals surface area (Å²) in [5, 5.41) is 5.28. The van der Waals surface area contributed by atoms with E-state index in [1.807, 2.05) is 6.92 Å². The number of hydrogen-bond donors (Lipinski definition) is 3. The van der Waals surface area contributed by atoms with Crippen LogP contribution in [0.25, 0.3) is 11.1 Å². The number of halogens is 1. The van der Waals surface area contributed by atoms with E-state index in [-0.39, 0.29) is 16.7 Å². The van der Waals surface area contributed by atoms with Crippen molar-refractivity contribution in [3.8, 4) is 11.1 Å². The van der Waals surface area contributed by atoms with Crippen molar-refractivity contribution in [1.82, 2.24) is 0 Å². The van der Waals surface area contributed by atoms with E-state index in [0.717, 1.165) is 5.56 Å². The van der Waals surface area contributed by atoms with Crippen LogP contribution in [0.5, 0.6) is 0 Å². The minimum Gasteiger partial charge on any atom is -0.370 e. The van der Waals surface area contributed by atoms with Gasteiger partial charge in [-0.05, 0) is 18.6 Å².